The second kappa shape index (κ2) is 5.87. The van der Waals surface area contributed by atoms with Crippen LogP contribution >= 0.6 is 28.3 Å². The predicted molar refractivity (Wildman–Crippen MR) is 78.7 cm³/mol. The summed E-state index contributed by atoms with van der Waals surface area (Å²) in [4.78, 5) is 6.94. The van der Waals surface area contributed by atoms with Crippen molar-refractivity contribution in [3.8, 4) is 0 Å². The minimum atomic E-state index is 0. The molecule has 1 aliphatic carbocycles. The topological polar surface area (TPSA) is 42.1 Å². The molecule has 3 nitrogen and oxygen atoms in total. The zero-order valence-electron chi connectivity index (χ0n) is 10.3. The second-order valence-electron chi connectivity index (χ2n) is 5.33. The lowest BCUT2D eigenvalue weighted by atomic mass is 9.98. The molecule has 0 bridgehead atoms. The van der Waals surface area contributed by atoms with Crippen molar-refractivity contribution in [1.29, 1.82) is 0 Å². The standard InChI is InChI=1S/C13H18BrN3.ClH/c14-10-2-3-11(16-5-10)7-17-6-9-1-4-13(15)12(9)8-17;/h2-3,5,9,12-13H,1,4,6-8,15H2;1H. The fraction of sp³-hybridized carbons (Fsp3) is 0.615. The Bertz CT molecular complexity index is 398. The summed E-state index contributed by atoms with van der Waals surface area (Å²) in [6, 6.07) is 4.59. The monoisotopic (exact) mass is 331 g/mol. The largest absolute Gasteiger partial charge is 0.327 e. The highest BCUT2D eigenvalue weighted by Crippen LogP contribution is 2.37. The lowest BCUT2D eigenvalue weighted by Crippen LogP contribution is -2.30. The van der Waals surface area contributed by atoms with Crippen LogP contribution in [0.3, 0.4) is 0 Å². The highest BCUT2D eigenvalue weighted by molar-refractivity contribution is 9.10. The van der Waals surface area contributed by atoms with E-state index >= 15 is 0 Å². The molecular weight excluding hydrogens is 314 g/mol. The first-order valence-electron chi connectivity index (χ1n) is 6.31. The van der Waals surface area contributed by atoms with E-state index in [1.165, 1.54) is 19.4 Å². The molecule has 5 heteroatoms. The number of hydrogen-bond acceptors (Lipinski definition) is 3. The zero-order chi connectivity index (χ0) is 11.8. The normalized spacial score (nSPS) is 31.1. The van der Waals surface area contributed by atoms with Crippen LogP contribution in [0.1, 0.15) is 18.5 Å². The van der Waals surface area contributed by atoms with Crippen LogP contribution in [0.15, 0.2) is 22.8 Å². The average Bonchev–Trinajstić information content (AvgIpc) is 2.85. The fourth-order valence-corrected chi connectivity index (χ4v) is 3.49. The molecule has 2 fully saturated rings. The van der Waals surface area contributed by atoms with Crippen molar-refractivity contribution < 1.29 is 0 Å². The van der Waals surface area contributed by atoms with Crippen LogP contribution in [0, 0.1) is 11.8 Å². The van der Waals surface area contributed by atoms with E-state index in [0.717, 1.165) is 35.1 Å². The number of nitrogens with zero attached hydrogens (tertiary/aromatic N) is 2. The summed E-state index contributed by atoms with van der Waals surface area (Å²) in [6.45, 7) is 3.33. The summed E-state index contributed by atoms with van der Waals surface area (Å²) < 4.78 is 1.04. The van der Waals surface area contributed by atoms with Gasteiger partial charge in [-0.05, 0) is 52.7 Å². The highest BCUT2D eigenvalue weighted by atomic mass is 79.9. The molecule has 3 atom stereocenters. The molecule has 0 aromatic carbocycles. The van der Waals surface area contributed by atoms with Crippen LogP contribution < -0.4 is 5.73 Å². The van der Waals surface area contributed by atoms with Gasteiger partial charge in [-0.1, -0.05) is 0 Å². The van der Waals surface area contributed by atoms with Gasteiger partial charge in [0.2, 0.25) is 0 Å². The first-order valence-corrected chi connectivity index (χ1v) is 7.10. The maximum atomic E-state index is 6.15. The number of likely N-dealkylation sites (tertiary alicyclic amines) is 1. The molecule has 1 saturated heterocycles. The second-order valence-corrected chi connectivity index (χ2v) is 6.24. The molecule has 0 radical (unpaired) electrons. The molecule has 0 spiro atoms. The van der Waals surface area contributed by atoms with Crippen LogP contribution in [-0.4, -0.2) is 29.0 Å². The van der Waals surface area contributed by atoms with Crippen LogP contribution in [0.2, 0.25) is 0 Å². The van der Waals surface area contributed by atoms with Crippen LogP contribution in [0.25, 0.3) is 0 Å². The van der Waals surface area contributed by atoms with E-state index in [2.05, 4.69) is 37.9 Å². The third kappa shape index (κ3) is 2.87. The van der Waals surface area contributed by atoms with Crippen LogP contribution in [0.4, 0.5) is 0 Å². The molecule has 1 aliphatic heterocycles. The molecule has 0 amide bonds. The molecule has 2 aliphatic rings. The number of halogens is 2. The molecule has 3 rings (SSSR count). The minimum absolute atomic E-state index is 0. The van der Waals surface area contributed by atoms with Crippen molar-refractivity contribution in [3.63, 3.8) is 0 Å². The third-order valence-electron chi connectivity index (χ3n) is 4.16. The molecule has 18 heavy (non-hydrogen) atoms. The fourth-order valence-electron chi connectivity index (χ4n) is 3.26. The zero-order valence-corrected chi connectivity index (χ0v) is 12.7. The number of pyridine rings is 1. The number of rotatable bonds is 2. The Morgan fingerprint density at radius 3 is 2.83 bits per heavy atom. The van der Waals surface area contributed by atoms with Gasteiger partial charge in [0, 0.05) is 36.3 Å². The van der Waals surface area contributed by atoms with E-state index in [0.29, 0.717) is 6.04 Å². The molecule has 3 unspecified atom stereocenters. The van der Waals surface area contributed by atoms with Crippen LogP contribution in [0.5, 0.6) is 0 Å². The van der Waals surface area contributed by atoms with E-state index < -0.39 is 0 Å². The maximum Gasteiger partial charge on any atom is 0.0544 e. The first-order chi connectivity index (χ1) is 8.22. The number of hydrogen-bond donors (Lipinski definition) is 1. The molecule has 1 aromatic heterocycles. The Labute approximate surface area is 123 Å². The van der Waals surface area contributed by atoms with Gasteiger partial charge >= 0.3 is 0 Å². The molecule has 1 aromatic rings. The minimum Gasteiger partial charge on any atom is -0.327 e. The average molecular weight is 333 g/mol. The van der Waals surface area contributed by atoms with Crippen LogP contribution in [-0.2, 0) is 6.54 Å². The van der Waals surface area contributed by atoms with Crippen molar-refractivity contribution in [3.05, 3.63) is 28.5 Å². The van der Waals surface area contributed by atoms with E-state index in [1.54, 1.807) is 0 Å². The van der Waals surface area contributed by atoms with Gasteiger partial charge in [0.05, 0.1) is 5.69 Å². The van der Waals surface area contributed by atoms with Gasteiger partial charge in [0.1, 0.15) is 0 Å². The smallest absolute Gasteiger partial charge is 0.0544 e. The van der Waals surface area contributed by atoms with Gasteiger partial charge in [0.25, 0.3) is 0 Å². The Morgan fingerprint density at radius 2 is 2.17 bits per heavy atom. The number of fused-ring (bicyclic) bond motifs is 1. The van der Waals surface area contributed by atoms with Gasteiger partial charge in [-0.25, -0.2) is 0 Å². The van der Waals surface area contributed by atoms with Crippen molar-refractivity contribution in [1.82, 2.24) is 9.88 Å². The molecule has 100 valence electrons. The summed E-state index contributed by atoms with van der Waals surface area (Å²) in [5.74, 6) is 1.56. The van der Waals surface area contributed by atoms with Gasteiger partial charge in [-0.15, -0.1) is 12.4 Å². The van der Waals surface area contributed by atoms with Crippen molar-refractivity contribution in [2.45, 2.75) is 25.4 Å². The van der Waals surface area contributed by atoms with E-state index in [9.17, 15) is 0 Å². The lowest BCUT2D eigenvalue weighted by molar-refractivity contribution is 0.295. The number of nitrogens with two attached hydrogens (primary N) is 1. The molecular formula is C13H19BrClN3. The summed E-state index contributed by atoms with van der Waals surface area (Å²) in [6.07, 6.45) is 4.41. The quantitative estimate of drug-likeness (QED) is 0.904. The van der Waals surface area contributed by atoms with Crippen molar-refractivity contribution in [2.75, 3.05) is 13.1 Å². The van der Waals surface area contributed by atoms with E-state index in [4.69, 9.17) is 5.73 Å². The Balaban J connectivity index is 0.00000120. The molecule has 2 heterocycles. The van der Waals surface area contributed by atoms with Crippen molar-refractivity contribution >= 4 is 28.3 Å². The van der Waals surface area contributed by atoms with Gasteiger partial charge in [-0.2, -0.15) is 0 Å². The maximum absolute atomic E-state index is 6.15. The number of aromatic nitrogens is 1. The predicted octanol–water partition coefficient (Wildman–Crippen LogP) is 2.44. The first kappa shape index (κ1) is 14.3. The van der Waals surface area contributed by atoms with Gasteiger partial charge in [0.15, 0.2) is 0 Å². The van der Waals surface area contributed by atoms with Crippen molar-refractivity contribution in [2.24, 2.45) is 17.6 Å². The molecule has 2 N–H and O–H groups in total. The summed E-state index contributed by atoms with van der Waals surface area (Å²) >= 11 is 3.41. The van der Waals surface area contributed by atoms with Gasteiger partial charge < -0.3 is 5.73 Å². The Kier molecular flexibility index (Phi) is 4.64. The van der Waals surface area contributed by atoms with E-state index in [1.807, 2.05) is 6.20 Å². The molecule has 1 saturated carbocycles. The van der Waals surface area contributed by atoms with E-state index in [-0.39, 0.29) is 12.4 Å². The lowest BCUT2D eigenvalue weighted by Gasteiger charge is -2.17. The SMILES string of the molecule is Cl.NC1CCC2CN(Cc3ccc(Br)cn3)CC12. The Hall–Kier alpha value is -0.160. The third-order valence-corrected chi connectivity index (χ3v) is 4.63. The highest BCUT2D eigenvalue weighted by Gasteiger charge is 2.40. The summed E-state index contributed by atoms with van der Waals surface area (Å²) in [5.41, 5.74) is 7.30. The summed E-state index contributed by atoms with van der Waals surface area (Å²) in [7, 11) is 0. The summed E-state index contributed by atoms with van der Waals surface area (Å²) in [5, 5.41) is 0. The Morgan fingerprint density at radius 1 is 1.33 bits per heavy atom. The van der Waals surface area contributed by atoms with Gasteiger partial charge in [-0.3, -0.25) is 9.88 Å².